The van der Waals surface area contributed by atoms with Gasteiger partial charge >= 0.3 is 0 Å². The SMILES string of the molecule is COCCn1c(S[C@H](C)C(=O)Nc2ccccc2C#N)nc2ccccc2c1=O. The predicted octanol–water partition coefficient (Wildman–Crippen LogP) is 3.03. The minimum Gasteiger partial charge on any atom is -0.383 e. The highest BCUT2D eigenvalue weighted by molar-refractivity contribution is 8.00. The number of carbonyl (C=O) groups is 1. The van der Waals surface area contributed by atoms with Crippen molar-refractivity contribution in [2.24, 2.45) is 0 Å². The number of ether oxygens (including phenoxy) is 1. The molecule has 1 amide bonds. The molecule has 7 nitrogen and oxygen atoms in total. The lowest BCUT2D eigenvalue weighted by Crippen LogP contribution is -2.28. The second kappa shape index (κ2) is 9.37. The summed E-state index contributed by atoms with van der Waals surface area (Å²) in [6.07, 6.45) is 0. The maximum Gasteiger partial charge on any atom is 0.262 e. The zero-order valence-electron chi connectivity index (χ0n) is 16.1. The summed E-state index contributed by atoms with van der Waals surface area (Å²) in [5, 5.41) is 12.4. The third-order valence-corrected chi connectivity index (χ3v) is 5.39. The Morgan fingerprint density at radius 3 is 2.76 bits per heavy atom. The van der Waals surface area contributed by atoms with Crippen LogP contribution in [0.1, 0.15) is 12.5 Å². The minimum atomic E-state index is -0.538. The van der Waals surface area contributed by atoms with Crippen LogP contribution in [0.25, 0.3) is 10.9 Å². The number of anilines is 1. The van der Waals surface area contributed by atoms with E-state index in [9.17, 15) is 14.9 Å². The van der Waals surface area contributed by atoms with E-state index in [1.54, 1.807) is 56.5 Å². The summed E-state index contributed by atoms with van der Waals surface area (Å²) in [4.78, 5) is 30.2. The molecule has 0 saturated carbocycles. The molecular formula is C21H20N4O3S. The quantitative estimate of drug-likeness (QED) is 0.477. The van der Waals surface area contributed by atoms with Crippen molar-refractivity contribution in [3.8, 4) is 6.07 Å². The van der Waals surface area contributed by atoms with Crippen molar-refractivity contribution in [1.82, 2.24) is 9.55 Å². The van der Waals surface area contributed by atoms with Crippen LogP contribution in [-0.4, -0.2) is 34.4 Å². The fourth-order valence-electron chi connectivity index (χ4n) is 2.75. The Bertz CT molecular complexity index is 1140. The molecule has 0 unspecified atom stereocenters. The molecule has 1 heterocycles. The molecule has 29 heavy (non-hydrogen) atoms. The van der Waals surface area contributed by atoms with Gasteiger partial charge in [0.2, 0.25) is 5.91 Å². The highest BCUT2D eigenvalue weighted by Crippen LogP contribution is 2.24. The Hall–Kier alpha value is -3.15. The molecule has 0 saturated heterocycles. The van der Waals surface area contributed by atoms with Crippen LogP contribution < -0.4 is 10.9 Å². The molecule has 0 aliphatic carbocycles. The van der Waals surface area contributed by atoms with Crippen LogP contribution in [0.3, 0.4) is 0 Å². The summed E-state index contributed by atoms with van der Waals surface area (Å²) in [5.41, 5.74) is 1.25. The molecule has 1 aromatic heterocycles. The van der Waals surface area contributed by atoms with E-state index in [1.807, 2.05) is 6.07 Å². The zero-order valence-corrected chi connectivity index (χ0v) is 16.9. The number of hydrogen-bond acceptors (Lipinski definition) is 6. The highest BCUT2D eigenvalue weighted by atomic mass is 32.2. The van der Waals surface area contributed by atoms with E-state index in [4.69, 9.17) is 4.74 Å². The van der Waals surface area contributed by atoms with Crippen LogP contribution in [0.2, 0.25) is 0 Å². The van der Waals surface area contributed by atoms with Crippen LogP contribution in [0.5, 0.6) is 0 Å². The van der Waals surface area contributed by atoms with E-state index >= 15 is 0 Å². The lowest BCUT2D eigenvalue weighted by molar-refractivity contribution is -0.115. The predicted molar refractivity (Wildman–Crippen MR) is 113 cm³/mol. The Balaban J connectivity index is 1.89. The van der Waals surface area contributed by atoms with Crippen molar-refractivity contribution in [2.75, 3.05) is 19.0 Å². The van der Waals surface area contributed by atoms with E-state index in [1.165, 1.54) is 16.3 Å². The van der Waals surface area contributed by atoms with Crippen LogP contribution in [-0.2, 0) is 16.1 Å². The zero-order chi connectivity index (χ0) is 20.8. The molecule has 1 N–H and O–H groups in total. The van der Waals surface area contributed by atoms with Crippen molar-refractivity contribution >= 4 is 34.3 Å². The molecule has 2 aromatic carbocycles. The Morgan fingerprint density at radius 1 is 1.28 bits per heavy atom. The summed E-state index contributed by atoms with van der Waals surface area (Å²) >= 11 is 1.19. The number of nitriles is 1. The monoisotopic (exact) mass is 408 g/mol. The van der Waals surface area contributed by atoms with Gasteiger partial charge in [-0.1, -0.05) is 36.0 Å². The molecular weight excluding hydrogens is 388 g/mol. The number of hydrogen-bond donors (Lipinski definition) is 1. The number of methoxy groups -OCH3 is 1. The Morgan fingerprint density at radius 2 is 2.00 bits per heavy atom. The van der Waals surface area contributed by atoms with Crippen molar-refractivity contribution < 1.29 is 9.53 Å². The fourth-order valence-corrected chi connectivity index (χ4v) is 3.69. The fraction of sp³-hybridized carbons (Fsp3) is 0.238. The Kier molecular flexibility index (Phi) is 6.65. The number of nitrogens with zero attached hydrogens (tertiary/aromatic N) is 3. The van der Waals surface area contributed by atoms with E-state index in [0.29, 0.717) is 40.5 Å². The van der Waals surface area contributed by atoms with Crippen molar-refractivity contribution in [2.45, 2.75) is 23.9 Å². The summed E-state index contributed by atoms with van der Waals surface area (Å²) in [5.74, 6) is -0.279. The molecule has 0 bridgehead atoms. The molecule has 148 valence electrons. The molecule has 0 aliphatic heterocycles. The summed E-state index contributed by atoms with van der Waals surface area (Å²) in [7, 11) is 1.56. The first kappa shape index (κ1) is 20.6. The van der Waals surface area contributed by atoms with Gasteiger partial charge in [0.25, 0.3) is 5.56 Å². The number of rotatable bonds is 7. The number of thioether (sulfide) groups is 1. The van der Waals surface area contributed by atoms with E-state index in [2.05, 4.69) is 16.4 Å². The third kappa shape index (κ3) is 4.65. The van der Waals surface area contributed by atoms with Gasteiger partial charge in [0, 0.05) is 7.11 Å². The normalized spacial score (nSPS) is 11.8. The maximum absolute atomic E-state index is 12.9. The largest absolute Gasteiger partial charge is 0.383 e. The molecule has 0 radical (unpaired) electrons. The van der Waals surface area contributed by atoms with E-state index in [0.717, 1.165) is 0 Å². The smallest absolute Gasteiger partial charge is 0.262 e. The minimum absolute atomic E-state index is 0.169. The van der Waals surface area contributed by atoms with Gasteiger partial charge in [0.05, 0.1) is 40.6 Å². The number of amides is 1. The maximum atomic E-state index is 12.9. The average molecular weight is 408 g/mol. The van der Waals surface area contributed by atoms with Crippen LogP contribution in [0, 0.1) is 11.3 Å². The molecule has 3 rings (SSSR count). The van der Waals surface area contributed by atoms with Crippen molar-refractivity contribution in [3.05, 3.63) is 64.4 Å². The van der Waals surface area contributed by atoms with Gasteiger partial charge in [-0.3, -0.25) is 14.2 Å². The van der Waals surface area contributed by atoms with Crippen LogP contribution >= 0.6 is 11.8 Å². The third-order valence-electron chi connectivity index (χ3n) is 4.30. The standard InChI is InChI=1S/C21H20N4O3S/c1-14(19(26)23-17-9-5-3-7-15(17)13-22)29-21-24-18-10-6-4-8-16(18)20(27)25(21)11-12-28-2/h3-10,14H,11-12H2,1-2H3,(H,23,26)/t14-/m1/s1. The van der Waals surface area contributed by atoms with Gasteiger partial charge in [0.1, 0.15) is 6.07 Å². The molecule has 8 heteroatoms. The lowest BCUT2D eigenvalue weighted by Gasteiger charge is -2.16. The number of para-hydroxylation sites is 2. The summed E-state index contributed by atoms with van der Waals surface area (Å²) in [6, 6.07) is 16.0. The van der Waals surface area contributed by atoms with Crippen molar-refractivity contribution in [1.29, 1.82) is 5.26 Å². The molecule has 3 aromatic rings. The van der Waals surface area contributed by atoms with E-state index < -0.39 is 5.25 Å². The van der Waals surface area contributed by atoms with E-state index in [-0.39, 0.29) is 11.5 Å². The first-order chi connectivity index (χ1) is 14.0. The average Bonchev–Trinajstić information content (AvgIpc) is 2.74. The Labute approximate surface area is 172 Å². The number of nitrogens with one attached hydrogen (secondary N) is 1. The first-order valence-electron chi connectivity index (χ1n) is 9.00. The molecule has 0 spiro atoms. The van der Waals surface area contributed by atoms with Gasteiger partial charge in [-0.25, -0.2) is 4.98 Å². The van der Waals surface area contributed by atoms with Gasteiger partial charge < -0.3 is 10.1 Å². The first-order valence-corrected chi connectivity index (χ1v) is 9.88. The van der Waals surface area contributed by atoms with Gasteiger partial charge in [-0.2, -0.15) is 5.26 Å². The van der Waals surface area contributed by atoms with Gasteiger partial charge in [-0.05, 0) is 31.2 Å². The number of carbonyl (C=O) groups excluding carboxylic acids is 1. The lowest BCUT2D eigenvalue weighted by atomic mass is 10.2. The second-order valence-corrected chi connectivity index (χ2v) is 7.58. The molecule has 1 atom stereocenters. The summed E-state index contributed by atoms with van der Waals surface area (Å²) in [6.45, 7) is 2.42. The topological polar surface area (TPSA) is 97.0 Å². The molecule has 0 fully saturated rings. The number of aromatic nitrogens is 2. The number of fused-ring (bicyclic) bond motifs is 1. The van der Waals surface area contributed by atoms with Gasteiger partial charge in [0.15, 0.2) is 5.16 Å². The number of benzene rings is 2. The van der Waals surface area contributed by atoms with Crippen LogP contribution in [0.15, 0.2) is 58.5 Å². The summed E-state index contributed by atoms with van der Waals surface area (Å²) < 4.78 is 6.65. The molecule has 0 aliphatic rings. The van der Waals surface area contributed by atoms with Crippen LogP contribution in [0.4, 0.5) is 5.69 Å². The van der Waals surface area contributed by atoms with Crippen molar-refractivity contribution in [3.63, 3.8) is 0 Å². The second-order valence-electron chi connectivity index (χ2n) is 6.27. The van der Waals surface area contributed by atoms with Gasteiger partial charge in [-0.15, -0.1) is 0 Å². The highest BCUT2D eigenvalue weighted by Gasteiger charge is 2.20.